The Bertz CT molecular complexity index is 1410. The van der Waals surface area contributed by atoms with E-state index < -0.39 is 10.2 Å². The number of anilines is 3. The number of piperidine rings is 2. The predicted molar refractivity (Wildman–Crippen MR) is 136 cm³/mol. The molecule has 188 valence electrons. The van der Waals surface area contributed by atoms with Crippen LogP contribution < -0.4 is 10.6 Å². The molecule has 0 saturated carbocycles. The molecule has 3 saturated heterocycles. The van der Waals surface area contributed by atoms with Gasteiger partial charge in [0, 0.05) is 60.6 Å². The molecule has 3 N–H and O–H groups in total. The largest absolute Gasteiger partial charge is 0.367 e. The van der Waals surface area contributed by atoms with Gasteiger partial charge in [0.15, 0.2) is 5.82 Å². The number of aryl methyl sites for hydroxylation is 1. The first kappa shape index (κ1) is 23.1. The van der Waals surface area contributed by atoms with Crippen LogP contribution in [0.3, 0.4) is 0 Å². The van der Waals surface area contributed by atoms with Crippen molar-refractivity contribution in [2.24, 2.45) is 5.92 Å². The number of H-pyrrole nitrogens is 1. The van der Waals surface area contributed by atoms with Gasteiger partial charge >= 0.3 is 0 Å². The smallest absolute Gasteiger partial charge is 0.282 e. The van der Waals surface area contributed by atoms with Crippen molar-refractivity contribution in [3.63, 3.8) is 0 Å². The minimum atomic E-state index is -3.56. The molecule has 12 heteroatoms. The van der Waals surface area contributed by atoms with Crippen molar-refractivity contribution in [1.29, 1.82) is 5.26 Å². The van der Waals surface area contributed by atoms with Gasteiger partial charge in [-0.05, 0) is 44.7 Å². The third-order valence-electron chi connectivity index (χ3n) is 7.43. The molecule has 3 aromatic rings. The number of nitriles is 1. The molecule has 6 rings (SSSR count). The van der Waals surface area contributed by atoms with Gasteiger partial charge in [-0.1, -0.05) is 6.42 Å². The van der Waals surface area contributed by atoms with E-state index in [0.717, 1.165) is 41.7 Å². The molecule has 3 aliphatic rings. The molecular weight excluding hydrogens is 478 g/mol. The van der Waals surface area contributed by atoms with Crippen molar-refractivity contribution in [3.8, 4) is 6.07 Å². The van der Waals surface area contributed by atoms with Crippen LogP contribution in [-0.2, 0) is 10.2 Å². The molecule has 0 aromatic carbocycles. The number of hydrogen-bond donors (Lipinski definition) is 3. The second-order valence-electron chi connectivity index (χ2n) is 10.0. The third-order valence-corrected chi connectivity index (χ3v) is 9.51. The van der Waals surface area contributed by atoms with Crippen molar-refractivity contribution < 1.29 is 8.42 Å². The number of nitrogens with zero attached hydrogens (tertiary/aromatic N) is 6. The number of nitrogens with one attached hydrogen (secondary N) is 3. The standard InChI is InChI=1S/C24H29N9O2S/c1-15-8-23(31-30-15)28-22-11-21-20(6-3-7-26-21)24(29-22)27-17-9-18-4-2-5-19(10-17)33(18)36(34,35)32-13-16(12-25)14-32/h3,6-8,11,16-19H,2,4-5,9-10,13-14H2,1H3,(H3,27,28,29,30,31)/t17-,18+,19-. The van der Waals surface area contributed by atoms with E-state index in [9.17, 15) is 8.42 Å². The van der Waals surface area contributed by atoms with Crippen LogP contribution in [-0.4, -0.2) is 68.4 Å². The maximum Gasteiger partial charge on any atom is 0.282 e. The minimum absolute atomic E-state index is 0.0566. The Morgan fingerprint density at radius 1 is 1.17 bits per heavy atom. The lowest BCUT2D eigenvalue weighted by atomic mass is 9.84. The van der Waals surface area contributed by atoms with E-state index in [2.05, 4.69) is 31.9 Å². The average molecular weight is 508 g/mol. The van der Waals surface area contributed by atoms with Gasteiger partial charge in [0.2, 0.25) is 0 Å². The molecule has 3 atom stereocenters. The monoisotopic (exact) mass is 507 g/mol. The van der Waals surface area contributed by atoms with Crippen molar-refractivity contribution in [1.82, 2.24) is 28.8 Å². The van der Waals surface area contributed by atoms with E-state index in [1.54, 1.807) is 10.5 Å². The summed E-state index contributed by atoms with van der Waals surface area (Å²) in [4.78, 5) is 9.37. The first-order valence-corrected chi connectivity index (χ1v) is 13.8. The first-order chi connectivity index (χ1) is 17.4. The van der Waals surface area contributed by atoms with E-state index in [-0.39, 0.29) is 24.0 Å². The second kappa shape index (κ2) is 8.99. The topological polar surface area (TPSA) is 143 Å². The summed E-state index contributed by atoms with van der Waals surface area (Å²) in [5, 5.41) is 24.0. The lowest BCUT2D eigenvalue weighted by Gasteiger charge is -2.50. The third kappa shape index (κ3) is 4.17. The Hall–Kier alpha value is -3.27. The zero-order valence-corrected chi connectivity index (χ0v) is 20.9. The maximum absolute atomic E-state index is 13.4. The summed E-state index contributed by atoms with van der Waals surface area (Å²) in [5.41, 5.74) is 1.76. The van der Waals surface area contributed by atoms with Crippen LogP contribution >= 0.6 is 0 Å². The Kier molecular flexibility index (Phi) is 5.78. The van der Waals surface area contributed by atoms with Crippen molar-refractivity contribution >= 4 is 38.6 Å². The number of fused-ring (bicyclic) bond motifs is 3. The Morgan fingerprint density at radius 3 is 2.64 bits per heavy atom. The van der Waals surface area contributed by atoms with Crippen LogP contribution in [0.15, 0.2) is 30.5 Å². The van der Waals surface area contributed by atoms with Gasteiger partial charge in [0.1, 0.15) is 11.6 Å². The van der Waals surface area contributed by atoms with Crippen LogP contribution in [0.5, 0.6) is 0 Å². The van der Waals surface area contributed by atoms with Gasteiger partial charge in [-0.25, -0.2) is 4.98 Å². The van der Waals surface area contributed by atoms with Crippen molar-refractivity contribution in [2.75, 3.05) is 23.7 Å². The summed E-state index contributed by atoms with van der Waals surface area (Å²) in [6, 6.07) is 9.84. The number of hydrogen-bond acceptors (Lipinski definition) is 8. The Balaban J connectivity index is 1.24. The van der Waals surface area contributed by atoms with Gasteiger partial charge in [0.05, 0.1) is 17.5 Å². The van der Waals surface area contributed by atoms with E-state index in [0.29, 0.717) is 37.6 Å². The first-order valence-electron chi connectivity index (χ1n) is 12.4. The summed E-state index contributed by atoms with van der Waals surface area (Å²) < 4.78 is 30.0. The van der Waals surface area contributed by atoms with Gasteiger partial charge in [-0.3, -0.25) is 10.1 Å². The van der Waals surface area contributed by atoms with Gasteiger partial charge in [-0.2, -0.15) is 27.4 Å². The van der Waals surface area contributed by atoms with Crippen LogP contribution in [0.4, 0.5) is 17.5 Å². The molecule has 0 radical (unpaired) electrons. The molecular formula is C24H29N9O2S. The number of pyridine rings is 2. The summed E-state index contributed by atoms with van der Waals surface area (Å²) in [7, 11) is -3.56. The highest BCUT2D eigenvalue weighted by atomic mass is 32.2. The molecule has 0 amide bonds. The van der Waals surface area contributed by atoms with Gasteiger partial charge in [0.25, 0.3) is 10.2 Å². The SMILES string of the molecule is Cc1cc(Nc2cc3ncccc3c(N[C@H]3C[C@H]4CCC[C@@H](C3)N4S(=O)(=O)N3CC(C#N)C3)n2)n[nH]1. The molecule has 2 bridgehead atoms. The zero-order chi connectivity index (χ0) is 24.9. The quantitative estimate of drug-likeness (QED) is 0.462. The molecule has 0 aliphatic carbocycles. The fourth-order valence-electron chi connectivity index (χ4n) is 5.73. The number of aromatic amines is 1. The lowest BCUT2D eigenvalue weighted by molar-refractivity contribution is 0.0984. The fourth-order valence-corrected chi connectivity index (χ4v) is 7.87. The van der Waals surface area contributed by atoms with Crippen LogP contribution in [0.2, 0.25) is 0 Å². The number of aromatic nitrogens is 4. The summed E-state index contributed by atoms with van der Waals surface area (Å²) in [5.74, 6) is 1.85. The molecule has 0 spiro atoms. The van der Waals surface area contributed by atoms with E-state index in [1.165, 1.54) is 4.31 Å². The van der Waals surface area contributed by atoms with E-state index in [4.69, 9.17) is 10.2 Å². The highest BCUT2D eigenvalue weighted by Crippen LogP contribution is 2.39. The highest BCUT2D eigenvalue weighted by molar-refractivity contribution is 7.86. The molecule has 3 aliphatic heterocycles. The Morgan fingerprint density at radius 2 is 1.94 bits per heavy atom. The highest BCUT2D eigenvalue weighted by Gasteiger charge is 2.49. The summed E-state index contributed by atoms with van der Waals surface area (Å²) >= 11 is 0. The Labute approximate surface area is 210 Å². The molecule has 3 fully saturated rings. The molecule has 3 aromatic heterocycles. The number of rotatable bonds is 6. The minimum Gasteiger partial charge on any atom is -0.367 e. The predicted octanol–water partition coefficient (Wildman–Crippen LogP) is 2.90. The van der Waals surface area contributed by atoms with Gasteiger partial charge < -0.3 is 10.6 Å². The molecule has 36 heavy (non-hydrogen) atoms. The lowest BCUT2D eigenvalue weighted by Crippen LogP contribution is -2.63. The van der Waals surface area contributed by atoms with Crippen LogP contribution in [0.25, 0.3) is 10.9 Å². The summed E-state index contributed by atoms with van der Waals surface area (Å²) in [6.07, 6.45) is 5.91. The van der Waals surface area contributed by atoms with Crippen molar-refractivity contribution in [3.05, 3.63) is 36.2 Å². The zero-order valence-electron chi connectivity index (χ0n) is 20.1. The summed E-state index contributed by atoms with van der Waals surface area (Å²) in [6.45, 7) is 2.54. The molecule has 0 unspecified atom stereocenters. The maximum atomic E-state index is 13.4. The van der Waals surface area contributed by atoms with Gasteiger partial charge in [-0.15, -0.1) is 0 Å². The van der Waals surface area contributed by atoms with E-state index in [1.807, 2.05) is 31.2 Å². The molecule has 6 heterocycles. The second-order valence-corrected chi connectivity index (χ2v) is 11.9. The fraction of sp³-hybridized carbons (Fsp3) is 0.500. The average Bonchev–Trinajstić information content (AvgIpc) is 3.22. The van der Waals surface area contributed by atoms with Crippen molar-refractivity contribution in [2.45, 2.75) is 57.2 Å². The van der Waals surface area contributed by atoms with Crippen LogP contribution in [0.1, 0.15) is 37.8 Å². The van der Waals surface area contributed by atoms with Crippen LogP contribution in [0, 0.1) is 24.2 Å². The van der Waals surface area contributed by atoms with E-state index >= 15 is 0 Å². The normalized spacial score (nSPS) is 25.3. The molecule has 11 nitrogen and oxygen atoms in total.